The van der Waals surface area contributed by atoms with Crippen LogP contribution in [0.15, 0.2) is 23.4 Å². The minimum atomic E-state index is -0.450. The lowest BCUT2D eigenvalue weighted by Gasteiger charge is -2.24. The Labute approximate surface area is 112 Å². The van der Waals surface area contributed by atoms with Crippen LogP contribution in [-0.4, -0.2) is 35.8 Å². The Morgan fingerprint density at radius 3 is 2.68 bits per heavy atom. The van der Waals surface area contributed by atoms with E-state index in [0.717, 1.165) is 12.8 Å². The number of oxime groups is 1. The van der Waals surface area contributed by atoms with Gasteiger partial charge in [0.25, 0.3) is 0 Å². The Morgan fingerprint density at radius 1 is 1.42 bits per heavy atom. The average Bonchev–Trinajstić information content (AvgIpc) is 2.42. The third kappa shape index (κ3) is 4.10. The summed E-state index contributed by atoms with van der Waals surface area (Å²) in [6, 6.07) is 4.39. The van der Waals surface area contributed by atoms with Crippen molar-refractivity contribution in [2.24, 2.45) is 10.9 Å². The number of unbranched alkanes of at least 4 members (excludes halogenated alkanes) is 1. The number of hydrogen-bond acceptors (Lipinski definition) is 4. The summed E-state index contributed by atoms with van der Waals surface area (Å²) in [5.74, 6) is -0.582. The van der Waals surface area contributed by atoms with Gasteiger partial charge in [-0.05, 0) is 24.6 Å². The quantitative estimate of drug-likeness (QED) is 0.303. The van der Waals surface area contributed by atoms with Crippen LogP contribution in [0.1, 0.15) is 25.3 Å². The van der Waals surface area contributed by atoms with Crippen molar-refractivity contribution in [3.8, 4) is 0 Å². The fourth-order valence-corrected chi connectivity index (χ4v) is 1.80. The number of aliphatic hydroxyl groups excluding tert-OH is 1. The van der Waals surface area contributed by atoms with Crippen molar-refractivity contribution < 1.29 is 14.7 Å². The van der Waals surface area contributed by atoms with Gasteiger partial charge in [0.2, 0.25) is 0 Å². The number of nitrogens with zero attached hydrogens (tertiary/aromatic N) is 2. The molecule has 0 radical (unpaired) electrons. The highest BCUT2D eigenvalue weighted by molar-refractivity contribution is 5.97. The molecule has 1 aromatic carbocycles. The zero-order chi connectivity index (χ0) is 14.3. The van der Waals surface area contributed by atoms with E-state index in [1.54, 1.807) is 17.0 Å². The Kier molecular flexibility index (Phi) is 6.08. The van der Waals surface area contributed by atoms with E-state index < -0.39 is 5.82 Å². The summed E-state index contributed by atoms with van der Waals surface area (Å²) >= 11 is 0. The fourth-order valence-electron chi connectivity index (χ4n) is 1.80. The number of rotatable bonds is 7. The van der Waals surface area contributed by atoms with E-state index in [1.807, 2.05) is 0 Å². The second-order valence-corrected chi connectivity index (χ2v) is 4.22. The third-order valence-electron chi connectivity index (χ3n) is 2.84. The first kappa shape index (κ1) is 15.2. The third-order valence-corrected chi connectivity index (χ3v) is 2.84. The molecule has 0 aliphatic carbocycles. The summed E-state index contributed by atoms with van der Waals surface area (Å²) in [7, 11) is 0. The maximum atomic E-state index is 14.0. The lowest BCUT2D eigenvalue weighted by Crippen LogP contribution is -2.28. The van der Waals surface area contributed by atoms with E-state index >= 15 is 0 Å². The number of halogens is 1. The molecule has 0 aromatic heterocycles. The predicted octanol–water partition coefficient (Wildman–Crippen LogP) is 1.52. The van der Waals surface area contributed by atoms with Crippen LogP contribution in [0.25, 0.3) is 0 Å². The number of aliphatic hydroxyl groups is 1. The van der Waals surface area contributed by atoms with Crippen molar-refractivity contribution in [3.05, 3.63) is 29.6 Å². The smallest absolute Gasteiger partial charge is 0.170 e. The SMILES string of the molecule is CCCCN(CCO)c1ccc(/C(N)=N/O)cc1F. The molecule has 0 fully saturated rings. The summed E-state index contributed by atoms with van der Waals surface area (Å²) in [5, 5.41) is 20.4. The van der Waals surface area contributed by atoms with Gasteiger partial charge in [-0.15, -0.1) is 0 Å². The van der Waals surface area contributed by atoms with Crippen LogP contribution in [0.5, 0.6) is 0 Å². The number of amidine groups is 1. The number of benzene rings is 1. The molecular formula is C13H20FN3O2. The first-order valence-corrected chi connectivity index (χ1v) is 6.27. The summed E-state index contributed by atoms with van der Waals surface area (Å²) in [4.78, 5) is 1.79. The Balaban J connectivity index is 2.97. The molecule has 0 aliphatic rings. The van der Waals surface area contributed by atoms with Gasteiger partial charge in [0.1, 0.15) is 5.82 Å². The Hall–Kier alpha value is -1.82. The molecule has 4 N–H and O–H groups in total. The molecule has 0 bridgehead atoms. The van der Waals surface area contributed by atoms with Crippen molar-refractivity contribution in [1.82, 2.24) is 0 Å². The Morgan fingerprint density at radius 2 is 2.16 bits per heavy atom. The normalized spacial score (nSPS) is 11.6. The number of anilines is 1. The zero-order valence-corrected chi connectivity index (χ0v) is 11.0. The van der Waals surface area contributed by atoms with E-state index in [1.165, 1.54) is 6.07 Å². The zero-order valence-electron chi connectivity index (χ0n) is 11.0. The molecule has 1 aromatic rings. The minimum Gasteiger partial charge on any atom is -0.409 e. The van der Waals surface area contributed by atoms with Crippen molar-refractivity contribution in [3.63, 3.8) is 0 Å². The number of nitrogens with two attached hydrogens (primary N) is 1. The molecule has 1 rings (SSSR count). The van der Waals surface area contributed by atoms with E-state index in [2.05, 4.69) is 12.1 Å². The van der Waals surface area contributed by atoms with Gasteiger partial charge in [0.05, 0.1) is 12.3 Å². The lowest BCUT2D eigenvalue weighted by atomic mass is 10.1. The maximum absolute atomic E-state index is 14.0. The van der Waals surface area contributed by atoms with Crippen LogP contribution in [0.3, 0.4) is 0 Å². The lowest BCUT2D eigenvalue weighted by molar-refractivity contribution is 0.301. The van der Waals surface area contributed by atoms with Crippen LogP contribution in [-0.2, 0) is 0 Å². The van der Waals surface area contributed by atoms with Gasteiger partial charge in [0.15, 0.2) is 5.84 Å². The standard InChI is InChI=1S/C13H20FN3O2/c1-2-3-6-17(7-8-18)12-5-4-10(9-11(12)14)13(15)16-19/h4-5,9,18-19H,2-3,6-8H2,1H3,(H2,15,16). The summed E-state index contributed by atoms with van der Waals surface area (Å²) in [5.41, 5.74) is 6.14. The highest BCUT2D eigenvalue weighted by atomic mass is 19.1. The van der Waals surface area contributed by atoms with Gasteiger partial charge in [-0.2, -0.15) is 0 Å². The summed E-state index contributed by atoms with van der Waals surface area (Å²) < 4.78 is 14.0. The van der Waals surface area contributed by atoms with Crippen molar-refractivity contribution in [1.29, 1.82) is 0 Å². The van der Waals surface area contributed by atoms with Crippen LogP contribution in [0.4, 0.5) is 10.1 Å². The molecule has 6 heteroatoms. The first-order valence-electron chi connectivity index (χ1n) is 6.27. The summed E-state index contributed by atoms with van der Waals surface area (Å²) in [6.07, 6.45) is 1.91. The van der Waals surface area contributed by atoms with Gasteiger partial charge < -0.3 is 20.9 Å². The fraction of sp³-hybridized carbons (Fsp3) is 0.462. The van der Waals surface area contributed by atoms with E-state index in [-0.39, 0.29) is 12.4 Å². The average molecular weight is 269 g/mol. The monoisotopic (exact) mass is 269 g/mol. The van der Waals surface area contributed by atoms with Gasteiger partial charge in [-0.25, -0.2) is 4.39 Å². The topological polar surface area (TPSA) is 82.1 Å². The van der Waals surface area contributed by atoms with Crippen molar-refractivity contribution in [2.45, 2.75) is 19.8 Å². The van der Waals surface area contributed by atoms with Crippen LogP contribution in [0, 0.1) is 5.82 Å². The molecule has 0 amide bonds. The highest BCUT2D eigenvalue weighted by Gasteiger charge is 2.12. The van der Waals surface area contributed by atoms with Crippen LogP contribution < -0.4 is 10.6 Å². The van der Waals surface area contributed by atoms with Crippen LogP contribution >= 0.6 is 0 Å². The summed E-state index contributed by atoms with van der Waals surface area (Å²) in [6.45, 7) is 3.07. The minimum absolute atomic E-state index is 0.0366. The van der Waals surface area contributed by atoms with Gasteiger partial charge in [0, 0.05) is 18.7 Å². The van der Waals surface area contributed by atoms with Crippen LogP contribution in [0.2, 0.25) is 0 Å². The molecule has 0 unspecified atom stereocenters. The van der Waals surface area contributed by atoms with Crippen molar-refractivity contribution in [2.75, 3.05) is 24.6 Å². The molecule has 0 heterocycles. The number of hydrogen-bond donors (Lipinski definition) is 3. The molecule has 106 valence electrons. The molecular weight excluding hydrogens is 249 g/mol. The van der Waals surface area contributed by atoms with Gasteiger partial charge in [-0.1, -0.05) is 18.5 Å². The molecule has 5 nitrogen and oxygen atoms in total. The maximum Gasteiger partial charge on any atom is 0.170 e. The second kappa shape index (κ2) is 7.58. The predicted molar refractivity (Wildman–Crippen MR) is 73.1 cm³/mol. The van der Waals surface area contributed by atoms with E-state index in [4.69, 9.17) is 16.0 Å². The van der Waals surface area contributed by atoms with E-state index in [9.17, 15) is 4.39 Å². The molecule has 0 saturated heterocycles. The molecule has 19 heavy (non-hydrogen) atoms. The largest absolute Gasteiger partial charge is 0.409 e. The molecule has 0 saturated carbocycles. The van der Waals surface area contributed by atoms with Gasteiger partial charge in [-0.3, -0.25) is 0 Å². The Bertz CT molecular complexity index is 438. The van der Waals surface area contributed by atoms with Gasteiger partial charge >= 0.3 is 0 Å². The molecule has 0 spiro atoms. The molecule has 0 atom stereocenters. The first-order chi connectivity index (χ1) is 9.13. The van der Waals surface area contributed by atoms with E-state index in [0.29, 0.717) is 24.3 Å². The highest BCUT2D eigenvalue weighted by Crippen LogP contribution is 2.21. The molecule has 0 aliphatic heterocycles. The second-order valence-electron chi connectivity index (χ2n) is 4.22. The van der Waals surface area contributed by atoms with Crippen molar-refractivity contribution >= 4 is 11.5 Å².